The Kier molecular flexibility index (Phi) is 6.32. The van der Waals surface area contributed by atoms with Crippen molar-refractivity contribution in [3.63, 3.8) is 0 Å². The number of hydrogen-bond donors (Lipinski definition) is 0. The molecule has 0 aromatic rings. The summed E-state index contributed by atoms with van der Waals surface area (Å²) >= 11 is 0. The monoisotopic (exact) mass is 218 g/mol. The van der Waals surface area contributed by atoms with Crippen LogP contribution in [0.4, 0.5) is 4.79 Å². The van der Waals surface area contributed by atoms with E-state index in [0.717, 1.165) is 0 Å². The lowest BCUT2D eigenvalue weighted by atomic mass is 10.1. The van der Waals surface area contributed by atoms with Crippen molar-refractivity contribution in [1.82, 2.24) is 0 Å². The molecule has 0 heterocycles. The fourth-order valence-electron chi connectivity index (χ4n) is 0.755. The highest BCUT2D eigenvalue weighted by atomic mass is 16.7. The van der Waals surface area contributed by atoms with Gasteiger partial charge in [-0.15, -0.1) is 0 Å². The van der Waals surface area contributed by atoms with Crippen molar-refractivity contribution >= 4 is 6.16 Å². The minimum atomic E-state index is -0.632. The van der Waals surface area contributed by atoms with E-state index < -0.39 is 6.16 Å². The fourth-order valence-corrected chi connectivity index (χ4v) is 0.755. The molecule has 3 atom stereocenters. The lowest BCUT2D eigenvalue weighted by molar-refractivity contribution is -0.0477. The first-order valence-electron chi connectivity index (χ1n) is 5.28. The summed E-state index contributed by atoms with van der Waals surface area (Å²) in [6.07, 6.45) is -1.20. The molecular weight excluding hydrogens is 196 g/mol. The molecule has 3 unspecified atom stereocenters. The van der Waals surface area contributed by atoms with Gasteiger partial charge in [0.1, 0.15) is 12.2 Å². The summed E-state index contributed by atoms with van der Waals surface area (Å²) in [4.78, 5) is 11.3. The van der Waals surface area contributed by atoms with Gasteiger partial charge in [0.25, 0.3) is 0 Å². The molecule has 0 aliphatic heterocycles. The van der Waals surface area contributed by atoms with E-state index in [-0.39, 0.29) is 24.2 Å². The first kappa shape index (κ1) is 14.2. The van der Waals surface area contributed by atoms with Gasteiger partial charge in [0.2, 0.25) is 0 Å². The van der Waals surface area contributed by atoms with Gasteiger partial charge >= 0.3 is 6.16 Å². The Labute approximate surface area is 91.9 Å². The van der Waals surface area contributed by atoms with Gasteiger partial charge < -0.3 is 14.2 Å². The zero-order chi connectivity index (χ0) is 12.0. The van der Waals surface area contributed by atoms with Gasteiger partial charge in [0.15, 0.2) is 0 Å². The van der Waals surface area contributed by atoms with E-state index in [1.54, 1.807) is 14.0 Å². The minimum absolute atomic E-state index is 0.132. The molecule has 0 aliphatic carbocycles. The molecule has 15 heavy (non-hydrogen) atoms. The van der Waals surface area contributed by atoms with Gasteiger partial charge in [0.05, 0.1) is 6.10 Å². The predicted octanol–water partition coefficient (Wildman–Crippen LogP) is 2.61. The van der Waals surface area contributed by atoms with Crippen molar-refractivity contribution in [2.45, 2.75) is 52.9 Å². The van der Waals surface area contributed by atoms with Crippen LogP contribution in [0.2, 0.25) is 0 Å². The zero-order valence-electron chi connectivity index (χ0n) is 10.4. The molecule has 0 aliphatic rings. The fraction of sp³-hybridized carbons (Fsp3) is 0.909. The highest BCUT2D eigenvalue weighted by Gasteiger charge is 2.19. The van der Waals surface area contributed by atoms with Crippen LogP contribution >= 0.6 is 0 Å². The molecule has 0 rings (SSSR count). The van der Waals surface area contributed by atoms with Crippen molar-refractivity contribution in [3.05, 3.63) is 0 Å². The van der Waals surface area contributed by atoms with Crippen LogP contribution in [0.15, 0.2) is 0 Å². The topological polar surface area (TPSA) is 44.8 Å². The van der Waals surface area contributed by atoms with Gasteiger partial charge in [-0.05, 0) is 26.7 Å². The molecule has 0 aromatic carbocycles. The third-order valence-corrected chi connectivity index (χ3v) is 2.54. The van der Waals surface area contributed by atoms with Gasteiger partial charge in [-0.2, -0.15) is 0 Å². The summed E-state index contributed by atoms with van der Waals surface area (Å²) in [5.41, 5.74) is 0. The normalized spacial score (nSPS) is 17.0. The maximum atomic E-state index is 11.3. The van der Waals surface area contributed by atoms with E-state index in [9.17, 15) is 4.79 Å². The summed E-state index contributed by atoms with van der Waals surface area (Å²) in [7, 11) is 1.58. The van der Waals surface area contributed by atoms with Gasteiger partial charge in [-0.3, -0.25) is 0 Å². The van der Waals surface area contributed by atoms with Crippen molar-refractivity contribution in [2.24, 2.45) is 5.92 Å². The molecule has 0 aromatic heterocycles. The third kappa shape index (κ3) is 5.62. The van der Waals surface area contributed by atoms with E-state index >= 15 is 0 Å². The van der Waals surface area contributed by atoms with Crippen LogP contribution in [0.25, 0.3) is 0 Å². The van der Waals surface area contributed by atoms with Gasteiger partial charge in [0, 0.05) is 7.11 Å². The zero-order valence-corrected chi connectivity index (χ0v) is 10.4. The third-order valence-electron chi connectivity index (χ3n) is 2.54. The summed E-state index contributed by atoms with van der Waals surface area (Å²) in [6, 6.07) is 0. The van der Waals surface area contributed by atoms with E-state index in [1.165, 1.54) is 0 Å². The molecule has 4 heteroatoms. The molecule has 4 nitrogen and oxygen atoms in total. The predicted molar refractivity (Wildman–Crippen MR) is 57.8 cm³/mol. The molecule has 0 amide bonds. The summed E-state index contributed by atoms with van der Waals surface area (Å²) in [5, 5.41) is 0. The standard InChI is InChI=1S/C11H22O4/c1-7(2)8(3)14-11(12)15-10(5)9(4)13-6/h7-10H,1-6H3. The Morgan fingerprint density at radius 3 is 1.73 bits per heavy atom. The molecule has 90 valence electrons. The maximum Gasteiger partial charge on any atom is 0.508 e. The highest BCUT2D eigenvalue weighted by molar-refractivity contribution is 5.60. The number of ether oxygens (including phenoxy) is 3. The smallest absolute Gasteiger partial charge is 0.431 e. The van der Waals surface area contributed by atoms with Crippen molar-refractivity contribution in [2.75, 3.05) is 7.11 Å². The average Bonchev–Trinajstić information content (AvgIpc) is 2.15. The lowest BCUT2D eigenvalue weighted by Crippen LogP contribution is -2.30. The van der Waals surface area contributed by atoms with Crippen molar-refractivity contribution < 1.29 is 19.0 Å². The molecule has 0 N–H and O–H groups in total. The Morgan fingerprint density at radius 2 is 1.33 bits per heavy atom. The number of carbonyl (C=O) groups is 1. The van der Waals surface area contributed by atoms with Crippen LogP contribution in [0, 0.1) is 5.92 Å². The quantitative estimate of drug-likeness (QED) is 0.665. The lowest BCUT2D eigenvalue weighted by Gasteiger charge is -2.21. The Morgan fingerprint density at radius 1 is 0.867 bits per heavy atom. The number of hydrogen-bond acceptors (Lipinski definition) is 4. The van der Waals surface area contributed by atoms with Crippen LogP contribution in [0.3, 0.4) is 0 Å². The summed E-state index contributed by atoms with van der Waals surface area (Å²) in [6.45, 7) is 9.42. The number of rotatable bonds is 5. The highest BCUT2D eigenvalue weighted by Crippen LogP contribution is 2.09. The minimum Gasteiger partial charge on any atom is -0.431 e. The van der Waals surface area contributed by atoms with Gasteiger partial charge in [-0.25, -0.2) is 4.79 Å². The SMILES string of the molecule is COC(C)C(C)OC(=O)OC(C)C(C)C. The van der Waals surface area contributed by atoms with Crippen LogP contribution in [0.5, 0.6) is 0 Å². The number of methoxy groups -OCH3 is 1. The van der Waals surface area contributed by atoms with Crippen LogP contribution in [-0.4, -0.2) is 31.6 Å². The Hall–Kier alpha value is -0.770. The van der Waals surface area contributed by atoms with Crippen molar-refractivity contribution in [3.8, 4) is 0 Å². The van der Waals surface area contributed by atoms with E-state index in [2.05, 4.69) is 0 Å². The second kappa shape index (κ2) is 6.67. The molecule has 0 fully saturated rings. The van der Waals surface area contributed by atoms with E-state index in [1.807, 2.05) is 27.7 Å². The molecule has 0 radical (unpaired) electrons. The second-order valence-corrected chi connectivity index (χ2v) is 4.08. The summed E-state index contributed by atoms with van der Waals surface area (Å²) in [5.74, 6) is 0.285. The van der Waals surface area contributed by atoms with Crippen LogP contribution < -0.4 is 0 Å². The largest absolute Gasteiger partial charge is 0.508 e. The van der Waals surface area contributed by atoms with Crippen LogP contribution in [0.1, 0.15) is 34.6 Å². The first-order chi connectivity index (χ1) is 6.88. The van der Waals surface area contributed by atoms with E-state index in [0.29, 0.717) is 0 Å². The average molecular weight is 218 g/mol. The number of carbonyl (C=O) groups excluding carboxylic acids is 1. The molecule has 0 saturated heterocycles. The maximum absolute atomic E-state index is 11.3. The Balaban J connectivity index is 3.93. The summed E-state index contributed by atoms with van der Waals surface area (Å²) < 4.78 is 15.1. The first-order valence-corrected chi connectivity index (χ1v) is 5.28. The second-order valence-electron chi connectivity index (χ2n) is 4.08. The Bertz CT molecular complexity index is 191. The molecule has 0 bridgehead atoms. The molecular formula is C11H22O4. The molecule has 0 saturated carbocycles. The van der Waals surface area contributed by atoms with Gasteiger partial charge in [-0.1, -0.05) is 13.8 Å². The van der Waals surface area contributed by atoms with E-state index in [4.69, 9.17) is 14.2 Å². The van der Waals surface area contributed by atoms with Crippen LogP contribution in [-0.2, 0) is 14.2 Å². The van der Waals surface area contributed by atoms with Crippen molar-refractivity contribution in [1.29, 1.82) is 0 Å². The molecule has 0 spiro atoms.